The molecule has 3 N–H and O–H groups in total. The Bertz CT molecular complexity index is 844. The van der Waals surface area contributed by atoms with Gasteiger partial charge in [-0.3, -0.25) is 9.69 Å². The van der Waals surface area contributed by atoms with Crippen LogP contribution in [0.25, 0.3) is 10.4 Å². The highest BCUT2D eigenvalue weighted by Gasteiger charge is 2.37. The zero-order chi connectivity index (χ0) is 21.9. The molecule has 1 fully saturated rings. The van der Waals surface area contributed by atoms with Crippen LogP contribution in [0.15, 0.2) is 29.8 Å². The average molecular weight is 432 g/mol. The number of thiazole rings is 1. The van der Waals surface area contributed by atoms with Crippen LogP contribution in [-0.2, 0) is 11.3 Å². The van der Waals surface area contributed by atoms with Crippen molar-refractivity contribution in [2.45, 2.75) is 71.9 Å². The summed E-state index contributed by atoms with van der Waals surface area (Å²) >= 11 is 1.62. The third kappa shape index (κ3) is 6.11. The molecule has 164 valence electrons. The molecule has 3 atom stereocenters. The third-order valence-corrected chi connectivity index (χ3v) is 6.46. The second-order valence-corrected chi connectivity index (χ2v) is 10.3. The van der Waals surface area contributed by atoms with Crippen LogP contribution in [0, 0.1) is 12.3 Å². The van der Waals surface area contributed by atoms with Crippen molar-refractivity contribution in [3.05, 3.63) is 41.0 Å². The topological polar surface area (TPSA) is 85.7 Å². The highest BCUT2D eigenvalue weighted by molar-refractivity contribution is 7.13. The van der Waals surface area contributed by atoms with E-state index in [2.05, 4.69) is 43.2 Å². The van der Waals surface area contributed by atoms with Gasteiger partial charge in [-0.1, -0.05) is 45.0 Å². The fourth-order valence-electron chi connectivity index (χ4n) is 3.99. The maximum absolute atomic E-state index is 12.5. The number of aliphatic hydroxyl groups excluding tert-OH is 2. The average Bonchev–Trinajstić information content (AvgIpc) is 3.24. The molecule has 0 spiro atoms. The van der Waals surface area contributed by atoms with Gasteiger partial charge >= 0.3 is 0 Å². The van der Waals surface area contributed by atoms with Crippen LogP contribution in [0.3, 0.4) is 0 Å². The number of aromatic nitrogens is 1. The molecule has 0 bridgehead atoms. The molecule has 6 nitrogen and oxygen atoms in total. The van der Waals surface area contributed by atoms with Gasteiger partial charge in [0.25, 0.3) is 0 Å². The number of aliphatic hydroxyl groups is 2. The number of likely N-dealkylation sites (tertiary alicyclic amines) is 1. The van der Waals surface area contributed by atoms with E-state index in [0.717, 1.165) is 16.8 Å². The molecule has 2 heterocycles. The minimum atomic E-state index is -0.650. The van der Waals surface area contributed by atoms with Crippen LogP contribution in [0.2, 0.25) is 0 Å². The molecule has 30 heavy (non-hydrogen) atoms. The van der Waals surface area contributed by atoms with E-state index < -0.39 is 12.3 Å². The van der Waals surface area contributed by atoms with E-state index in [1.165, 1.54) is 4.88 Å². The van der Waals surface area contributed by atoms with Gasteiger partial charge in [0.2, 0.25) is 5.91 Å². The zero-order valence-corrected chi connectivity index (χ0v) is 19.1. The highest BCUT2D eigenvalue weighted by atomic mass is 32.1. The predicted octanol–water partition coefficient (Wildman–Crippen LogP) is 3.31. The maximum atomic E-state index is 12.5. The van der Waals surface area contributed by atoms with E-state index in [4.69, 9.17) is 0 Å². The smallest absolute Gasteiger partial charge is 0.221 e. The summed E-state index contributed by atoms with van der Waals surface area (Å²) in [7, 11) is 0. The second kappa shape index (κ2) is 9.56. The summed E-state index contributed by atoms with van der Waals surface area (Å²) in [6.07, 6.45) is 0.236. The fraction of sp³-hybridized carbons (Fsp3) is 0.565. The number of benzene rings is 1. The Balaban J connectivity index is 1.53. The summed E-state index contributed by atoms with van der Waals surface area (Å²) in [5, 5.41) is 23.6. The summed E-state index contributed by atoms with van der Waals surface area (Å²) in [4.78, 5) is 19.9. The lowest BCUT2D eigenvalue weighted by atomic mass is 9.91. The monoisotopic (exact) mass is 431 g/mol. The first-order chi connectivity index (χ1) is 14.1. The molecular formula is C23H33N3O3S. The molecule has 1 aliphatic rings. The molecule has 1 aliphatic heterocycles. The minimum Gasteiger partial charge on any atom is -0.392 e. The number of hydrogen-bond donors (Lipinski definition) is 3. The number of amides is 1. The van der Waals surface area contributed by atoms with E-state index in [9.17, 15) is 15.0 Å². The molecule has 1 aromatic heterocycles. The molecule has 0 aliphatic carbocycles. The standard InChI is InChI=1S/C23H33N3O3S/c1-15-22(30-14-25-15)17-7-5-16(6-8-17)12-24-20(28)10-18-9-19(27)13-26(18)21(29)11-23(2,3)4/h5-8,14,18-19,21,27,29H,9-13H2,1-4H3,(H,24,28)/t18-,19+,21?/m0/s1. The number of hydrogen-bond acceptors (Lipinski definition) is 6. The molecule has 7 heteroatoms. The molecule has 1 amide bonds. The predicted molar refractivity (Wildman–Crippen MR) is 120 cm³/mol. The minimum absolute atomic E-state index is 0.0242. The van der Waals surface area contributed by atoms with Gasteiger partial charge in [-0.25, -0.2) is 4.98 Å². The SMILES string of the molecule is Cc1ncsc1-c1ccc(CNC(=O)C[C@@H]2C[C@@H](O)CN2C(O)CC(C)(C)C)cc1. The molecular weight excluding hydrogens is 398 g/mol. The van der Waals surface area contributed by atoms with Gasteiger partial charge in [0.05, 0.1) is 22.2 Å². The van der Waals surface area contributed by atoms with Crippen LogP contribution in [0.1, 0.15) is 51.3 Å². The summed E-state index contributed by atoms with van der Waals surface area (Å²) in [5.41, 5.74) is 5.02. The largest absolute Gasteiger partial charge is 0.392 e. The van der Waals surface area contributed by atoms with Gasteiger partial charge in [-0.05, 0) is 36.3 Å². The van der Waals surface area contributed by atoms with Gasteiger partial charge in [-0.15, -0.1) is 11.3 Å². The summed E-state index contributed by atoms with van der Waals surface area (Å²) in [6.45, 7) is 9.10. The van der Waals surface area contributed by atoms with Crippen LogP contribution in [-0.4, -0.2) is 50.9 Å². The first kappa shape index (κ1) is 22.9. The van der Waals surface area contributed by atoms with E-state index in [-0.39, 0.29) is 23.8 Å². The Kier molecular flexibility index (Phi) is 7.29. The number of β-amino-alcohol motifs (C(OH)–C–C–N with tert-alkyl or cyclic N) is 1. The molecule has 2 aromatic rings. The van der Waals surface area contributed by atoms with Crippen LogP contribution in [0.5, 0.6) is 0 Å². The molecule has 0 saturated carbocycles. The molecule has 3 rings (SSSR count). The first-order valence-corrected chi connectivity index (χ1v) is 11.4. The van der Waals surface area contributed by atoms with Gasteiger partial charge in [-0.2, -0.15) is 0 Å². The van der Waals surface area contributed by atoms with Crippen molar-refractivity contribution in [2.24, 2.45) is 5.41 Å². The lowest BCUT2D eigenvalue weighted by molar-refractivity contribution is -0.123. The summed E-state index contributed by atoms with van der Waals surface area (Å²) < 4.78 is 0. The van der Waals surface area contributed by atoms with E-state index >= 15 is 0 Å². The second-order valence-electron chi connectivity index (χ2n) is 9.43. The maximum Gasteiger partial charge on any atom is 0.221 e. The van der Waals surface area contributed by atoms with E-state index in [1.807, 2.05) is 29.5 Å². The van der Waals surface area contributed by atoms with Gasteiger partial charge in [0.15, 0.2) is 0 Å². The van der Waals surface area contributed by atoms with Crippen molar-refractivity contribution < 1.29 is 15.0 Å². The van der Waals surface area contributed by atoms with Crippen molar-refractivity contribution in [3.8, 4) is 10.4 Å². The molecule has 1 saturated heterocycles. The molecule has 1 aromatic carbocycles. The Hall–Kier alpha value is -1.80. The van der Waals surface area contributed by atoms with Crippen LogP contribution >= 0.6 is 11.3 Å². The van der Waals surface area contributed by atoms with Crippen molar-refractivity contribution in [3.63, 3.8) is 0 Å². The number of aryl methyl sites for hydroxylation is 1. The van der Waals surface area contributed by atoms with E-state index in [1.54, 1.807) is 11.3 Å². The normalized spacial score (nSPS) is 21.0. The quantitative estimate of drug-likeness (QED) is 0.626. The highest BCUT2D eigenvalue weighted by Crippen LogP contribution is 2.29. The summed E-state index contributed by atoms with van der Waals surface area (Å²) in [5.74, 6) is -0.0653. The molecule has 0 radical (unpaired) electrons. The van der Waals surface area contributed by atoms with Crippen molar-refractivity contribution in [2.75, 3.05) is 6.54 Å². The summed E-state index contributed by atoms with van der Waals surface area (Å²) in [6, 6.07) is 8.01. The van der Waals surface area contributed by atoms with Crippen molar-refractivity contribution in [1.29, 1.82) is 0 Å². The Morgan fingerprint density at radius 3 is 2.63 bits per heavy atom. The van der Waals surface area contributed by atoms with Gasteiger partial charge in [0.1, 0.15) is 6.23 Å². The zero-order valence-electron chi connectivity index (χ0n) is 18.3. The van der Waals surface area contributed by atoms with Crippen molar-refractivity contribution >= 4 is 17.2 Å². The van der Waals surface area contributed by atoms with Crippen LogP contribution < -0.4 is 5.32 Å². The Morgan fingerprint density at radius 1 is 1.33 bits per heavy atom. The Labute approximate surface area is 183 Å². The van der Waals surface area contributed by atoms with E-state index in [0.29, 0.717) is 25.9 Å². The number of carbonyl (C=O) groups is 1. The molecule has 1 unspecified atom stereocenters. The van der Waals surface area contributed by atoms with Crippen molar-refractivity contribution in [1.82, 2.24) is 15.2 Å². The lowest BCUT2D eigenvalue weighted by Crippen LogP contribution is -2.43. The Morgan fingerprint density at radius 2 is 2.03 bits per heavy atom. The number of rotatable bonds is 7. The number of carbonyl (C=O) groups excluding carboxylic acids is 1. The first-order valence-electron chi connectivity index (χ1n) is 10.5. The van der Waals surface area contributed by atoms with Gasteiger partial charge in [0, 0.05) is 25.6 Å². The number of nitrogens with zero attached hydrogens (tertiary/aromatic N) is 2. The lowest BCUT2D eigenvalue weighted by Gasteiger charge is -2.33. The number of nitrogens with one attached hydrogen (secondary N) is 1. The fourth-order valence-corrected chi connectivity index (χ4v) is 4.80. The van der Waals surface area contributed by atoms with Gasteiger partial charge < -0.3 is 15.5 Å². The van der Waals surface area contributed by atoms with Crippen LogP contribution in [0.4, 0.5) is 0 Å². The third-order valence-electron chi connectivity index (χ3n) is 5.48.